The van der Waals surface area contributed by atoms with Crippen LogP contribution in [0.25, 0.3) is 0 Å². The molecule has 1 aromatic rings. The number of hydrogen-bond donors (Lipinski definition) is 1. The average Bonchev–Trinajstić information content (AvgIpc) is 2.61. The summed E-state index contributed by atoms with van der Waals surface area (Å²) in [6.45, 7) is 8.72. The molecule has 1 aromatic carbocycles. The van der Waals surface area contributed by atoms with Gasteiger partial charge in [0.2, 0.25) is 0 Å². The van der Waals surface area contributed by atoms with Gasteiger partial charge in [0.15, 0.2) is 0 Å². The summed E-state index contributed by atoms with van der Waals surface area (Å²) in [7, 11) is 1.17. The van der Waals surface area contributed by atoms with E-state index in [9.17, 15) is 14.4 Å². The van der Waals surface area contributed by atoms with Crippen molar-refractivity contribution < 1.29 is 28.6 Å². The van der Waals surface area contributed by atoms with Crippen LogP contribution in [0, 0.1) is 5.92 Å². The lowest BCUT2D eigenvalue weighted by atomic mass is 9.96. The summed E-state index contributed by atoms with van der Waals surface area (Å²) in [6, 6.07) is 7.87. The van der Waals surface area contributed by atoms with Crippen molar-refractivity contribution in [2.75, 3.05) is 7.11 Å². The van der Waals surface area contributed by atoms with Gasteiger partial charge in [-0.1, -0.05) is 36.4 Å². The molecule has 148 valence electrons. The lowest BCUT2D eigenvalue weighted by Crippen LogP contribution is -2.50. The zero-order valence-corrected chi connectivity index (χ0v) is 16.2. The number of carbonyl (C=O) groups excluding carboxylic acids is 3. The van der Waals surface area contributed by atoms with Crippen molar-refractivity contribution in [3.63, 3.8) is 0 Å². The summed E-state index contributed by atoms with van der Waals surface area (Å²) < 4.78 is 15.2. The molecule has 0 aromatic heterocycles. The normalized spacial score (nSPS) is 13.0. The highest BCUT2D eigenvalue weighted by atomic mass is 16.6. The summed E-state index contributed by atoms with van der Waals surface area (Å²) in [6.07, 6.45) is 0.757. The second-order valence-electron chi connectivity index (χ2n) is 6.87. The van der Waals surface area contributed by atoms with Crippen LogP contribution in [-0.4, -0.2) is 36.8 Å². The fraction of sp³-hybridized carbons (Fsp3) is 0.450. The van der Waals surface area contributed by atoms with Crippen molar-refractivity contribution in [3.05, 3.63) is 48.6 Å². The van der Waals surface area contributed by atoms with Crippen molar-refractivity contribution in [1.29, 1.82) is 0 Å². The lowest BCUT2D eigenvalue weighted by Gasteiger charge is -2.26. The van der Waals surface area contributed by atoms with Gasteiger partial charge in [0, 0.05) is 0 Å². The number of nitrogens with one attached hydrogen (secondary N) is 1. The molecule has 7 heteroatoms. The van der Waals surface area contributed by atoms with Gasteiger partial charge in [0.05, 0.1) is 13.0 Å². The van der Waals surface area contributed by atoms with Gasteiger partial charge < -0.3 is 19.5 Å². The Bertz CT molecular complexity index is 650. The Morgan fingerprint density at radius 1 is 1.15 bits per heavy atom. The number of alkyl carbamates (subject to hydrolysis) is 1. The molecule has 1 N–H and O–H groups in total. The van der Waals surface area contributed by atoms with E-state index in [4.69, 9.17) is 14.2 Å². The largest absolute Gasteiger partial charge is 0.467 e. The monoisotopic (exact) mass is 377 g/mol. The van der Waals surface area contributed by atoms with Crippen LogP contribution >= 0.6 is 0 Å². The van der Waals surface area contributed by atoms with Gasteiger partial charge in [-0.05, 0) is 32.8 Å². The number of benzene rings is 1. The van der Waals surface area contributed by atoms with Gasteiger partial charge in [0.25, 0.3) is 0 Å². The second-order valence-corrected chi connectivity index (χ2v) is 6.87. The van der Waals surface area contributed by atoms with E-state index in [2.05, 4.69) is 11.9 Å². The van der Waals surface area contributed by atoms with Crippen molar-refractivity contribution in [1.82, 2.24) is 5.32 Å². The molecule has 0 saturated carbocycles. The van der Waals surface area contributed by atoms with E-state index in [-0.39, 0.29) is 13.0 Å². The Balaban J connectivity index is 2.90. The number of amides is 1. The number of hydrogen-bond acceptors (Lipinski definition) is 6. The molecule has 0 radical (unpaired) electrons. The maximum atomic E-state index is 12.6. The minimum atomic E-state index is -1.26. The molecule has 1 amide bonds. The first-order chi connectivity index (χ1) is 12.7. The minimum absolute atomic E-state index is 0.0493. The predicted molar refractivity (Wildman–Crippen MR) is 99.7 cm³/mol. The molecule has 0 aliphatic carbocycles. The van der Waals surface area contributed by atoms with Gasteiger partial charge >= 0.3 is 18.0 Å². The number of methoxy groups -OCH3 is 1. The molecular weight excluding hydrogens is 350 g/mol. The van der Waals surface area contributed by atoms with Gasteiger partial charge in [-0.3, -0.25) is 4.79 Å². The molecule has 2 unspecified atom stereocenters. The third-order valence-electron chi connectivity index (χ3n) is 3.48. The molecular formula is C20H27NO6. The molecule has 0 spiro atoms. The van der Waals surface area contributed by atoms with Crippen molar-refractivity contribution >= 4 is 18.0 Å². The Morgan fingerprint density at radius 2 is 1.78 bits per heavy atom. The lowest BCUT2D eigenvalue weighted by molar-refractivity contribution is -0.157. The summed E-state index contributed by atoms with van der Waals surface area (Å²) in [4.78, 5) is 36.8. The molecule has 0 fully saturated rings. The number of esters is 2. The molecule has 0 saturated heterocycles. The zero-order valence-electron chi connectivity index (χ0n) is 16.2. The first-order valence-corrected chi connectivity index (χ1v) is 8.56. The van der Waals surface area contributed by atoms with E-state index < -0.39 is 35.6 Å². The van der Waals surface area contributed by atoms with Crippen molar-refractivity contribution in [2.24, 2.45) is 5.92 Å². The summed E-state index contributed by atoms with van der Waals surface area (Å²) >= 11 is 0. The third-order valence-corrected chi connectivity index (χ3v) is 3.48. The van der Waals surface area contributed by atoms with Gasteiger partial charge in [-0.25, -0.2) is 9.59 Å². The molecule has 0 bridgehead atoms. The molecule has 2 atom stereocenters. The average molecular weight is 377 g/mol. The quantitative estimate of drug-likeness (QED) is 0.425. The number of rotatable bonds is 8. The van der Waals surface area contributed by atoms with E-state index >= 15 is 0 Å². The van der Waals surface area contributed by atoms with Crippen LogP contribution < -0.4 is 5.32 Å². The third kappa shape index (κ3) is 7.94. The molecule has 0 aliphatic heterocycles. The molecule has 0 heterocycles. The maximum absolute atomic E-state index is 12.6. The standard InChI is InChI=1S/C20H27NO6/c1-6-10-15(17(22)26-13-14-11-8-7-9-12-14)16(18(23)25-5)21-19(24)27-20(2,3)4/h6-9,11-12,15-16H,1,10,13H2,2-5H3,(H,21,24). The van der Waals surface area contributed by atoms with Crippen LogP contribution in [0.2, 0.25) is 0 Å². The van der Waals surface area contributed by atoms with Crippen molar-refractivity contribution in [3.8, 4) is 0 Å². The van der Waals surface area contributed by atoms with Crippen LogP contribution in [0.4, 0.5) is 4.79 Å². The van der Waals surface area contributed by atoms with Gasteiger partial charge in [0.1, 0.15) is 18.2 Å². The van der Waals surface area contributed by atoms with E-state index in [0.717, 1.165) is 5.56 Å². The molecule has 27 heavy (non-hydrogen) atoms. The van der Waals surface area contributed by atoms with Crippen LogP contribution in [0.5, 0.6) is 0 Å². The Labute approximate surface area is 159 Å². The van der Waals surface area contributed by atoms with Crippen molar-refractivity contribution in [2.45, 2.75) is 45.4 Å². The van der Waals surface area contributed by atoms with E-state index in [1.807, 2.05) is 30.3 Å². The highest BCUT2D eigenvalue weighted by Gasteiger charge is 2.37. The predicted octanol–water partition coefficient (Wildman–Crippen LogP) is 2.99. The minimum Gasteiger partial charge on any atom is -0.467 e. The number of allylic oxidation sites excluding steroid dienone is 1. The number of ether oxygens (including phenoxy) is 3. The summed E-state index contributed by atoms with van der Waals surface area (Å²) in [5, 5.41) is 2.40. The maximum Gasteiger partial charge on any atom is 0.408 e. The Hall–Kier alpha value is -2.83. The van der Waals surface area contributed by atoms with Gasteiger partial charge in [-0.2, -0.15) is 0 Å². The number of carbonyl (C=O) groups is 3. The SMILES string of the molecule is C=CCC(C(=O)OCc1ccccc1)C(NC(=O)OC(C)(C)C)C(=O)OC. The fourth-order valence-electron chi connectivity index (χ4n) is 2.27. The van der Waals surface area contributed by atoms with E-state index in [1.54, 1.807) is 20.8 Å². The Morgan fingerprint density at radius 3 is 2.30 bits per heavy atom. The highest BCUT2D eigenvalue weighted by Crippen LogP contribution is 2.17. The zero-order chi connectivity index (χ0) is 20.4. The molecule has 0 aliphatic rings. The Kier molecular flexibility index (Phi) is 8.51. The van der Waals surface area contributed by atoms with E-state index in [0.29, 0.717) is 0 Å². The van der Waals surface area contributed by atoms with Crippen LogP contribution in [-0.2, 0) is 30.4 Å². The smallest absolute Gasteiger partial charge is 0.408 e. The first-order valence-electron chi connectivity index (χ1n) is 8.56. The van der Waals surface area contributed by atoms with E-state index in [1.165, 1.54) is 13.2 Å². The van der Waals surface area contributed by atoms with Crippen LogP contribution in [0.15, 0.2) is 43.0 Å². The van der Waals surface area contributed by atoms with Crippen LogP contribution in [0.1, 0.15) is 32.8 Å². The first kappa shape index (κ1) is 22.2. The fourth-order valence-corrected chi connectivity index (χ4v) is 2.27. The van der Waals surface area contributed by atoms with Crippen LogP contribution in [0.3, 0.4) is 0 Å². The topological polar surface area (TPSA) is 90.9 Å². The molecule has 1 rings (SSSR count). The highest BCUT2D eigenvalue weighted by molar-refractivity contribution is 5.88. The second kappa shape index (κ2) is 10.4. The summed E-state index contributed by atoms with van der Waals surface area (Å²) in [5.41, 5.74) is 0.0462. The van der Waals surface area contributed by atoms with Gasteiger partial charge in [-0.15, -0.1) is 6.58 Å². The summed E-state index contributed by atoms with van der Waals surface area (Å²) in [5.74, 6) is -2.42. The molecule has 7 nitrogen and oxygen atoms in total.